The number of fused-ring (bicyclic) bond motifs is 2. The number of thiazole rings is 1. The first-order valence-corrected chi connectivity index (χ1v) is 13.9. The summed E-state index contributed by atoms with van der Waals surface area (Å²) >= 11 is 5.23. The van der Waals surface area contributed by atoms with Gasteiger partial charge in [-0.15, -0.1) is 0 Å². The van der Waals surface area contributed by atoms with Gasteiger partial charge in [0.1, 0.15) is 11.8 Å². The number of halogens is 4. The van der Waals surface area contributed by atoms with Gasteiger partial charge in [-0.3, -0.25) is 23.7 Å². The largest absolute Gasteiger partial charge is 0.465 e. The van der Waals surface area contributed by atoms with Gasteiger partial charge in [0, 0.05) is 15.3 Å². The van der Waals surface area contributed by atoms with Gasteiger partial charge in [-0.2, -0.15) is 13.2 Å². The van der Waals surface area contributed by atoms with Crippen molar-refractivity contribution in [2.24, 2.45) is 5.92 Å². The Hall–Kier alpha value is -2.90. The molecular formula is C25H18BrF3N2O5S2. The molecule has 1 aromatic heterocycles. The maximum absolute atomic E-state index is 13.8. The number of imide groups is 1. The van der Waals surface area contributed by atoms with Gasteiger partial charge >= 0.3 is 17.0 Å². The molecule has 3 aromatic rings. The molecule has 5 rings (SSSR count). The maximum Gasteiger partial charge on any atom is 0.416 e. The van der Waals surface area contributed by atoms with Gasteiger partial charge in [0.2, 0.25) is 11.8 Å². The third-order valence-electron chi connectivity index (χ3n) is 6.30. The number of carbonyl (C=O) groups is 3. The maximum atomic E-state index is 13.8. The molecule has 2 amide bonds. The van der Waals surface area contributed by atoms with Crippen LogP contribution in [-0.4, -0.2) is 34.2 Å². The van der Waals surface area contributed by atoms with Crippen molar-refractivity contribution in [1.82, 2.24) is 4.57 Å². The molecule has 0 aliphatic carbocycles. The molecule has 1 saturated heterocycles. The SMILES string of the molecule is CCOC(=O)Cn1c2c(sc1=O)C(c1ccc(Br)cc1)C1C(=O)N(c3cccc(C(F)(F)F)c3)C(=O)C1S2. The number of hydrogen-bond donors (Lipinski definition) is 0. The molecule has 3 heterocycles. The number of hydrogen-bond acceptors (Lipinski definition) is 7. The average molecular weight is 627 g/mol. The summed E-state index contributed by atoms with van der Waals surface area (Å²) < 4.78 is 47.1. The van der Waals surface area contributed by atoms with Gasteiger partial charge in [0.25, 0.3) is 0 Å². The minimum absolute atomic E-state index is 0.123. The number of amides is 2. The molecule has 2 aliphatic heterocycles. The van der Waals surface area contributed by atoms with Crippen LogP contribution in [0.4, 0.5) is 18.9 Å². The van der Waals surface area contributed by atoms with Crippen LogP contribution in [-0.2, 0) is 31.8 Å². The number of esters is 1. The van der Waals surface area contributed by atoms with Crippen LogP contribution in [0, 0.1) is 5.92 Å². The van der Waals surface area contributed by atoms with Crippen LogP contribution < -0.4 is 9.77 Å². The number of ether oxygens (including phenoxy) is 1. The summed E-state index contributed by atoms with van der Waals surface area (Å²) in [6.07, 6.45) is -4.66. The van der Waals surface area contributed by atoms with Crippen LogP contribution in [0.5, 0.6) is 0 Å². The average Bonchev–Trinajstić information content (AvgIpc) is 3.30. The third-order valence-corrected chi connectivity index (χ3v) is 9.44. The Labute approximate surface area is 230 Å². The molecule has 38 heavy (non-hydrogen) atoms. The molecule has 7 nitrogen and oxygen atoms in total. The van der Waals surface area contributed by atoms with Crippen LogP contribution >= 0.6 is 39.0 Å². The minimum atomic E-state index is -4.66. The Kier molecular flexibility index (Phi) is 7.03. The molecular weight excluding hydrogens is 609 g/mol. The van der Waals surface area contributed by atoms with Crippen molar-refractivity contribution < 1.29 is 32.3 Å². The number of carbonyl (C=O) groups excluding carboxylic acids is 3. The van der Waals surface area contributed by atoms with Gasteiger partial charge in [0.05, 0.1) is 28.8 Å². The Bertz CT molecular complexity index is 1500. The molecule has 198 valence electrons. The lowest BCUT2D eigenvalue weighted by molar-refractivity contribution is -0.144. The first-order chi connectivity index (χ1) is 18.0. The van der Waals surface area contributed by atoms with Gasteiger partial charge < -0.3 is 4.74 Å². The van der Waals surface area contributed by atoms with Gasteiger partial charge in [-0.1, -0.05) is 57.2 Å². The summed E-state index contributed by atoms with van der Waals surface area (Å²) in [7, 11) is 0. The predicted octanol–water partition coefficient (Wildman–Crippen LogP) is 5.05. The fourth-order valence-corrected chi connectivity index (χ4v) is 7.73. The van der Waals surface area contributed by atoms with Crippen LogP contribution in [0.2, 0.25) is 0 Å². The van der Waals surface area contributed by atoms with Crippen LogP contribution in [0.1, 0.15) is 28.8 Å². The van der Waals surface area contributed by atoms with Crippen molar-refractivity contribution >= 4 is 62.5 Å². The third kappa shape index (κ3) is 4.60. The summed E-state index contributed by atoms with van der Waals surface area (Å²) in [5, 5.41) is -0.644. The molecule has 3 atom stereocenters. The number of benzene rings is 2. The predicted molar refractivity (Wildman–Crippen MR) is 138 cm³/mol. The van der Waals surface area contributed by atoms with E-state index in [0.717, 1.165) is 50.7 Å². The highest BCUT2D eigenvalue weighted by atomic mass is 79.9. The van der Waals surface area contributed by atoms with Gasteiger partial charge in [-0.25, -0.2) is 4.90 Å². The Morgan fingerprint density at radius 2 is 1.79 bits per heavy atom. The summed E-state index contributed by atoms with van der Waals surface area (Å²) in [5.74, 6) is -3.65. The summed E-state index contributed by atoms with van der Waals surface area (Å²) in [5.41, 5.74) is -0.502. The highest BCUT2D eigenvalue weighted by Gasteiger charge is 2.57. The van der Waals surface area contributed by atoms with Crippen molar-refractivity contribution in [2.75, 3.05) is 11.5 Å². The van der Waals surface area contributed by atoms with E-state index in [1.54, 1.807) is 31.2 Å². The normalized spacial score (nSPS) is 20.9. The summed E-state index contributed by atoms with van der Waals surface area (Å²) in [6, 6.07) is 11.1. The van der Waals surface area contributed by atoms with E-state index < -0.39 is 51.5 Å². The second-order valence-corrected chi connectivity index (χ2v) is 11.6. The molecule has 0 N–H and O–H groups in total. The second kappa shape index (κ2) is 10.0. The van der Waals surface area contributed by atoms with Crippen LogP contribution in [0.15, 0.2) is 62.8 Å². The fourth-order valence-electron chi connectivity index (χ4n) is 4.70. The molecule has 1 fully saturated rings. The number of nitrogens with zero attached hydrogens (tertiary/aromatic N) is 2. The molecule has 0 radical (unpaired) electrons. The standard InChI is InChI=1S/C25H18BrF3N2O5S2/c1-2-36-16(32)11-30-23-20(38-24(30)35)17(12-6-8-14(26)9-7-12)18-19(37-23)22(34)31(21(18)33)15-5-3-4-13(10-15)25(27,28)29/h3-10,17-19H,2,11H2,1H3. The molecule has 0 saturated carbocycles. The summed E-state index contributed by atoms with van der Waals surface area (Å²) in [4.78, 5) is 53.4. The van der Waals surface area contributed by atoms with E-state index in [2.05, 4.69) is 15.9 Å². The minimum Gasteiger partial charge on any atom is -0.465 e. The fraction of sp³-hybridized carbons (Fsp3) is 0.280. The molecule has 0 bridgehead atoms. The molecule has 2 aromatic carbocycles. The monoisotopic (exact) mass is 626 g/mol. The first kappa shape index (κ1) is 26.7. The lowest BCUT2D eigenvalue weighted by atomic mass is 9.83. The van der Waals surface area contributed by atoms with Crippen LogP contribution in [0.25, 0.3) is 0 Å². The van der Waals surface area contributed by atoms with E-state index in [4.69, 9.17) is 4.74 Å². The van der Waals surface area contributed by atoms with Gasteiger partial charge in [0.15, 0.2) is 0 Å². The lowest BCUT2D eigenvalue weighted by Gasteiger charge is -2.30. The highest BCUT2D eigenvalue weighted by Crippen LogP contribution is 2.54. The molecule has 0 spiro atoms. The summed E-state index contributed by atoms with van der Waals surface area (Å²) in [6.45, 7) is 1.39. The van der Waals surface area contributed by atoms with Crippen molar-refractivity contribution in [3.05, 3.63) is 78.7 Å². The number of thioether (sulfide) groups is 1. The smallest absolute Gasteiger partial charge is 0.416 e. The lowest BCUT2D eigenvalue weighted by Crippen LogP contribution is -2.32. The molecule has 13 heteroatoms. The number of alkyl halides is 3. The zero-order valence-corrected chi connectivity index (χ0v) is 22.7. The topological polar surface area (TPSA) is 85.7 Å². The van der Waals surface area contributed by atoms with Crippen molar-refractivity contribution in [3.8, 4) is 0 Å². The highest BCUT2D eigenvalue weighted by molar-refractivity contribution is 9.10. The van der Waals surface area contributed by atoms with E-state index in [-0.39, 0.29) is 18.8 Å². The van der Waals surface area contributed by atoms with E-state index >= 15 is 0 Å². The Morgan fingerprint density at radius 1 is 1.08 bits per heavy atom. The van der Waals surface area contributed by atoms with Crippen molar-refractivity contribution in [3.63, 3.8) is 0 Å². The number of anilines is 1. The number of aromatic nitrogens is 1. The van der Waals surface area contributed by atoms with E-state index in [1.165, 1.54) is 10.6 Å². The van der Waals surface area contributed by atoms with E-state index in [9.17, 15) is 32.3 Å². The zero-order valence-electron chi connectivity index (χ0n) is 19.5. The molecule has 3 unspecified atom stereocenters. The van der Waals surface area contributed by atoms with Crippen molar-refractivity contribution in [1.29, 1.82) is 0 Å². The number of rotatable bonds is 5. The van der Waals surface area contributed by atoms with Crippen molar-refractivity contribution in [2.45, 2.75) is 35.8 Å². The van der Waals surface area contributed by atoms with E-state index in [1.807, 2.05) is 0 Å². The second-order valence-electron chi connectivity index (χ2n) is 8.58. The van der Waals surface area contributed by atoms with E-state index in [0.29, 0.717) is 15.5 Å². The zero-order chi connectivity index (χ0) is 27.4. The Balaban J connectivity index is 1.63. The first-order valence-electron chi connectivity index (χ1n) is 11.4. The molecule has 2 aliphatic rings. The quantitative estimate of drug-likeness (QED) is 0.291. The van der Waals surface area contributed by atoms with Gasteiger partial charge in [-0.05, 0) is 42.8 Å². The van der Waals surface area contributed by atoms with Crippen LogP contribution in [0.3, 0.4) is 0 Å². The Morgan fingerprint density at radius 3 is 2.45 bits per heavy atom.